The van der Waals surface area contributed by atoms with Crippen molar-refractivity contribution in [1.82, 2.24) is 15.5 Å². The molecule has 0 bridgehead atoms. The minimum absolute atomic E-state index is 0.175. The summed E-state index contributed by atoms with van der Waals surface area (Å²) in [5, 5.41) is 7.99. The second kappa shape index (κ2) is 13.1. The molecule has 0 aliphatic carbocycles. The Morgan fingerprint density at radius 3 is 1.79 bits per heavy atom. The lowest BCUT2D eigenvalue weighted by atomic mass is 10.2. The van der Waals surface area contributed by atoms with Gasteiger partial charge in [-0.3, -0.25) is 14.2 Å². The van der Waals surface area contributed by atoms with E-state index in [1.807, 2.05) is 0 Å². The largest absolute Gasteiger partial charge is 0.465 e. The van der Waals surface area contributed by atoms with E-state index in [9.17, 15) is 18.9 Å². The van der Waals surface area contributed by atoms with Crippen LogP contribution in [0.5, 0.6) is 0 Å². The summed E-state index contributed by atoms with van der Waals surface area (Å²) in [6, 6.07) is -1.73. The van der Waals surface area contributed by atoms with E-state index in [1.54, 1.807) is 34.6 Å². The first-order valence-corrected chi connectivity index (χ1v) is 12.7. The van der Waals surface area contributed by atoms with Gasteiger partial charge >= 0.3 is 18.0 Å². The van der Waals surface area contributed by atoms with Crippen LogP contribution < -0.4 is 15.5 Å². The van der Waals surface area contributed by atoms with Crippen LogP contribution in [0.3, 0.4) is 0 Å². The number of amides is 1. The molecular formula is C17H34N3O7PS. The van der Waals surface area contributed by atoms with Gasteiger partial charge in [0.1, 0.15) is 17.7 Å². The molecule has 12 heteroatoms. The lowest BCUT2D eigenvalue weighted by Gasteiger charge is -2.25. The van der Waals surface area contributed by atoms with Crippen molar-refractivity contribution in [3.05, 3.63) is 0 Å². The van der Waals surface area contributed by atoms with Crippen LogP contribution in [0.15, 0.2) is 0 Å². The van der Waals surface area contributed by atoms with Gasteiger partial charge in [-0.05, 0) is 48.5 Å². The molecule has 0 rings (SSSR count). The Kier molecular flexibility index (Phi) is 12.5. The molecular weight excluding hydrogens is 421 g/mol. The van der Waals surface area contributed by atoms with Crippen LogP contribution in [0.4, 0.5) is 4.79 Å². The van der Waals surface area contributed by atoms with Crippen molar-refractivity contribution < 1.29 is 33.2 Å². The highest BCUT2D eigenvalue weighted by Gasteiger charge is 2.32. The first kappa shape index (κ1) is 27.7. The third-order valence-electron chi connectivity index (χ3n) is 3.05. The van der Waals surface area contributed by atoms with Crippen molar-refractivity contribution >= 4 is 36.1 Å². The lowest BCUT2D eigenvalue weighted by Crippen LogP contribution is -2.41. The maximum absolute atomic E-state index is 13.3. The van der Waals surface area contributed by atoms with Crippen molar-refractivity contribution in [2.75, 3.05) is 25.5 Å². The van der Waals surface area contributed by atoms with E-state index >= 15 is 0 Å². The molecule has 0 saturated heterocycles. The fourth-order valence-electron chi connectivity index (χ4n) is 1.90. The monoisotopic (exact) mass is 455 g/mol. The Morgan fingerprint density at radius 2 is 1.41 bits per heavy atom. The second-order valence-corrected chi connectivity index (χ2v) is 11.6. The summed E-state index contributed by atoms with van der Waals surface area (Å²) in [5.41, 5.74) is -0.625. The van der Waals surface area contributed by atoms with Crippen molar-refractivity contribution in [3.63, 3.8) is 0 Å². The molecule has 0 unspecified atom stereocenters. The minimum Gasteiger partial charge on any atom is -0.465 e. The number of rotatable bonds is 12. The molecule has 2 atom stereocenters. The Hall–Kier alpha value is -1.29. The molecule has 170 valence electrons. The first-order chi connectivity index (χ1) is 13.3. The van der Waals surface area contributed by atoms with Gasteiger partial charge in [-0.2, -0.15) is 0 Å². The molecule has 0 spiro atoms. The number of hydrogen-bond donors (Lipinski definition) is 3. The van der Waals surface area contributed by atoms with Crippen molar-refractivity contribution in [3.8, 4) is 0 Å². The van der Waals surface area contributed by atoms with Crippen LogP contribution in [-0.4, -0.2) is 61.2 Å². The molecule has 0 aromatic rings. The van der Waals surface area contributed by atoms with E-state index in [0.717, 1.165) is 11.4 Å². The summed E-state index contributed by atoms with van der Waals surface area (Å²) in [6.45, 7) is 8.70. The van der Waals surface area contributed by atoms with Crippen molar-refractivity contribution in [1.29, 1.82) is 0 Å². The Morgan fingerprint density at radius 1 is 0.966 bits per heavy atom. The van der Waals surface area contributed by atoms with Crippen LogP contribution in [-0.2, 0) is 28.4 Å². The fraction of sp³-hybridized carbons (Fsp3) is 0.824. The summed E-state index contributed by atoms with van der Waals surface area (Å²) < 4.78 is 28.3. The van der Waals surface area contributed by atoms with Gasteiger partial charge in [-0.15, -0.1) is 0 Å². The van der Waals surface area contributed by atoms with E-state index in [2.05, 4.69) is 15.5 Å². The van der Waals surface area contributed by atoms with Crippen LogP contribution in [0.25, 0.3) is 0 Å². The highest BCUT2D eigenvalue weighted by molar-refractivity contribution is 8.56. The average Bonchev–Trinajstić information content (AvgIpc) is 2.57. The van der Waals surface area contributed by atoms with Crippen molar-refractivity contribution in [2.45, 2.75) is 66.2 Å². The molecule has 29 heavy (non-hydrogen) atoms. The van der Waals surface area contributed by atoms with Gasteiger partial charge in [-0.1, -0.05) is 11.4 Å². The van der Waals surface area contributed by atoms with E-state index < -0.39 is 42.4 Å². The zero-order valence-electron chi connectivity index (χ0n) is 18.2. The van der Waals surface area contributed by atoms with E-state index in [-0.39, 0.29) is 25.5 Å². The van der Waals surface area contributed by atoms with E-state index in [1.165, 1.54) is 13.8 Å². The normalized spacial score (nSPS) is 13.9. The van der Waals surface area contributed by atoms with Crippen LogP contribution >= 0.6 is 18.0 Å². The summed E-state index contributed by atoms with van der Waals surface area (Å²) in [4.78, 5) is 35.5. The third-order valence-corrected chi connectivity index (χ3v) is 7.53. The summed E-state index contributed by atoms with van der Waals surface area (Å²) >= 11 is 0.959. The highest BCUT2D eigenvalue weighted by Crippen LogP contribution is 2.51. The number of carbonyl (C=O) groups is 3. The lowest BCUT2D eigenvalue weighted by molar-refractivity contribution is -0.145. The molecule has 0 aromatic carbocycles. The number of carbonyl (C=O) groups excluding carboxylic acids is 3. The molecule has 0 aliphatic rings. The molecule has 10 nitrogen and oxygen atoms in total. The number of hydrogen-bond acceptors (Lipinski definition) is 8. The van der Waals surface area contributed by atoms with Crippen molar-refractivity contribution in [2.24, 2.45) is 0 Å². The predicted molar refractivity (Wildman–Crippen MR) is 113 cm³/mol. The van der Waals surface area contributed by atoms with Gasteiger partial charge in [0, 0.05) is 12.3 Å². The standard InChI is InChI=1S/C17H34N3O7PS/c1-8-25-14(21)12(3)19-28(24,20-13(4)15(22)26-9-2)29-11-10-18-16(23)27-17(5,6)7/h12-13H,8-11H2,1-7H3,(H,18,23)(H2,19,20,24)/t12-,13-/m0/s1. The Labute approximate surface area is 176 Å². The van der Waals surface area contributed by atoms with E-state index in [4.69, 9.17) is 14.2 Å². The van der Waals surface area contributed by atoms with Gasteiger partial charge in [0.25, 0.3) is 6.65 Å². The summed E-state index contributed by atoms with van der Waals surface area (Å²) in [7, 11) is 0. The number of nitrogens with one attached hydrogen (secondary N) is 3. The SMILES string of the molecule is CCOC(=O)[C@H](C)NP(=O)(N[C@@H](C)C(=O)OCC)SCCNC(=O)OC(C)(C)C. The summed E-state index contributed by atoms with van der Waals surface area (Å²) in [5.74, 6) is -0.890. The molecule has 0 aliphatic heterocycles. The van der Waals surface area contributed by atoms with Gasteiger partial charge in [0.05, 0.1) is 13.2 Å². The molecule has 0 radical (unpaired) electrons. The van der Waals surface area contributed by atoms with Gasteiger partial charge in [0.15, 0.2) is 0 Å². The van der Waals surface area contributed by atoms with Gasteiger partial charge in [-0.25, -0.2) is 15.0 Å². The van der Waals surface area contributed by atoms with Crippen LogP contribution in [0.2, 0.25) is 0 Å². The maximum atomic E-state index is 13.3. The second-order valence-electron chi connectivity index (χ2n) is 7.02. The Balaban J connectivity index is 4.94. The highest BCUT2D eigenvalue weighted by atomic mass is 32.7. The average molecular weight is 456 g/mol. The number of esters is 2. The minimum atomic E-state index is -3.46. The van der Waals surface area contributed by atoms with Crippen LogP contribution in [0, 0.1) is 0 Å². The first-order valence-electron chi connectivity index (χ1n) is 9.43. The van der Waals surface area contributed by atoms with E-state index in [0.29, 0.717) is 0 Å². The zero-order valence-corrected chi connectivity index (χ0v) is 19.9. The maximum Gasteiger partial charge on any atom is 0.407 e. The summed E-state index contributed by atoms with van der Waals surface area (Å²) in [6.07, 6.45) is -0.589. The molecule has 1 amide bonds. The number of alkyl carbamates (subject to hydrolysis) is 1. The topological polar surface area (TPSA) is 132 Å². The smallest absolute Gasteiger partial charge is 0.407 e. The molecule has 0 heterocycles. The van der Waals surface area contributed by atoms with Crippen LogP contribution in [0.1, 0.15) is 48.5 Å². The quantitative estimate of drug-likeness (QED) is 0.174. The molecule has 3 N–H and O–H groups in total. The van der Waals surface area contributed by atoms with Gasteiger partial charge < -0.3 is 19.5 Å². The zero-order chi connectivity index (χ0) is 22.7. The third kappa shape index (κ3) is 12.8. The fourth-order valence-corrected chi connectivity index (χ4v) is 6.25. The molecule has 0 aromatic heterocycles. The molecule has 0 fully saturated rings. The Bertz CT molecular complexity index is 568. The number of ether oxygens (including phenoxy) is 3. The predicted octanol–water partition coefficient (Wildman–Crippen LogP) is 2.43. The molecule has 0 saturated carbocycles. The van der Waals surface area contributed by atoms with Gasteiger partial charge in [0.2, 0.25) is 0 Å².